The van der Waals surface area contributed by atoms with Gasteiger partial charge in [0.05, 0.1) is 5.60 Å². The Balaban J connectivity index is -0.000000125. The first kappa shape index (κ1) is 16.9. The Morgan fingerprint density at radius 1 is 1.38 bits per heavy atom. The summed E-state index contributed by atoms with van der Waals surface area (Å²) in [6.07, 6.45) is 0.826. The zero-order valence-corrected chi connectivity index (χ0v) is 11.8. The fourth-order valence-electron chi connectivity index (χ4n) is 0. The quantitative estimate of drug-likeness (QED) is 0.537. The summed E-state index contributed by atoms with van der Waals surface area (Å²) in [5.41, 5.74) is -0.458. The van der Waals surface area contributed by atoms with Gasteiger partial charge in [0.1, 0.15) is 0 Å². The van der Waals surface area contributed by atoms with E-state index in [0.717, 1.165) is 6.42 Å². The largest absolute Gasteiger partial charge is 0.390 e. The van der Waals surface area contributed by atoms with Gasteiger partial charge in [-0.1, -0.05) is 6.92 Å². The molecular weight excluding hydrogens is 138 g/mol. The molecule has 8 heavy (non-hydrogen) atoms. The van der Waals surface area contributed by atoms with Gasteiger partial charge >= 0.3 is 0 Å². The van der Waals surface area contributed by atoms with Crippen LogP contribution in [0.1, 0.15) is 27.2 Å². The summed E-state index contributed by atoms with van der Waals surface area (Å²) >= 11 is 0. The van der Waals surface area contributed by atoms with E-state index in [9.17, 15) is 0 Å². The van der Waals surface area contributed by atoms with Gasteiger partial charge in [0.2, 0.25) is 0 Å². The van der Waals surface area contributed by atoms with Crippen molar-refractivity contribution < 1.29 is 5.11 Å². The summed E-state index contributed by atoms with van der Waals surface area (Å²) in [7, 11) is 0. The van der Waals surface area contributed by atoms with E-state index < -0.39 is 5.60 Å². The predicted octanol–water partition coefficient (Wildman–Crippen LogP) is 0.406. The van der Waals surface area contributed by atoms with E-state index in [0.29, 0.717) is 0 Å². The summed E-state index contributed by atoms with van der Waals surface area (Å²) in [6, 6.07) is 0. The van der Waals surface area contributed by atoms with Crippen molar-refractivity contribution in [1.82, 2.24) is 0 Å². The van der Waals surface area contributed by atoms with Crippen LogP contribution in [0.4, 0.5) is 0 Å². The van der Waals surface area contributed by atoms with E-state index in [2.05, 4.69) is 0 Å². The molecule has 0 fully saturated rings. The summed E-state index contributed by atoms with van der Waals surface area (Å²) in [5.74, 6) is 0. The average Bonchev–Trinajstić information content (AvgIpc) is 1.35. The molecule has 0 saturated carbocycles. The van der Waals surface area contributed by atoms with Crippen molar-refractivity contribution >= 4 is 80.9 Å². The summed E-state index contributed by atoms with van der Waals surface area (Å²) in [5, 5.41) is 8.83. The third-order valence-electron chi connectivity index (χ3n) is 0.865. The van der Waals surface area contributed by atoms with Crippen LogP contribution < -0.4 is 0 Å². The van der Waals surface area contributed by atoms with E-state index in [4.69, 9.17) is 5.11 Å². The summed E-state index contributed by atoms with van der Waals surface area (Å²) in [6.45, 7) is 5.56. The van der Waals surface area contributed by atoms with E-state index in [1.165, 1.54) is 0 Å². The van der Waals surface area contributed by atoms with Gasteiger partial charge < -0.3 is 5.11 Å². The van der Waals surface area contributed by atoms with Crippen LogP contribution in [0.25, 0.3) is 0 Å². The van der Waals surface area contributed by atoms with Crippen LogP contribution >= 0.6 is 0 Å². The fourth-order valence-corrected chi connectivity index (χ4v) is 0. The van der Waals surface area contributed by atoms with Crippen molar-refractivity contribution in [3.63, 3.8) is 0 Å². The Hall–Kier alpha value is 2.60. The molecule has 0 spiro atoms. The first-order chi connectivity index (χ1) is 2.56. The number of hydrogen-bond donors (Lipinski definition) is 1. The summed E-state index contributed by atoms with van der Waals surface area (Å²) in [4.78, 5) is 0. The van der Waals surface area contributed by atoms with Gasteiger partial charge in [-0.25, -0.2) is 0 Å². The molecule has 0 aliphatic heterocycles. The Morgan fingerprint density at radius 3 is 1.50 bits per heavy atom. The Morgan fingerprint density at radius 2 is 1.50 bits per heavy atom. The van der Waals surface area contributed by atoms with Crippen molar-refractivity contribution in [3.8, 4) is 0 Å². The standard InChI is InChI=1S/C5H12O.K.Na/c1-4-5(2,3)6;;/h6H,4H2,1-3H3;;. The van der Waals surface area contributed by atoms with Crippen LogP contribution in [0, 0.1) is 0 Å². The second kappa shape index (κ2) is 7.70. The third-order valence-corrected chi connectivity index (χ3v) is 0.865. The molecule has 0 rings (SSSR count). The van der Waals surface area contributed by atoms with Gasteiger partial charge in [0.25, 0.3) is 0 Å². The zero-order chi connectivity index (χ0) is 5.21. The van der Waals surface area contributed by atoms with Crippen LogP contribution in [-0.2, 0) is 0 Å². The van der Waals surface area contributed by atoms with Crippen molar-refractivity contribution in [2.24, 2.45) is 0 Å². The monoisotopic (exact) mass is 150 g/mol. The van der Waals surface area contributed by atoms with Crippen LogP contribution in [0.3, 0.4) is 0 Å². The van der Waals surface area contributed by atoms with Gasteiger partial charge in [-0.3, -0.25) is 0 Å². The van der Waals surface area contributed by atoms with Gasteiger partial charge in [-0.2, -0.15) is 0 Å². The maximum atomic E-state index is 8.83. The maximum Gasteiger partial charge on any atom is 0.0589 e. The molecule has 0 atom stereocenters. The molecule has 1 nitrogen and oxygen atoms in total. The number of aliphatic hydroxyl groups is 1. The van der Waals surface area contributed by atoms with Gasteiger partial charge in [0.15, 0.2) is 0 Å². The van der Waals surface area contributed by atoms with Gasteiger partial charge in [0, 0.05) is 80.9 Å². The molecule has 40 valence electrons. The molecular formula is C5H12KNaO. The van der Waals surface area contributed by atoms with E-state index in [1.807, 2.05) is 6.92 Å². The molecule has 2 radical (unpaired) electrons. The van der Waals surface area contributed by atoms with Crippen LogP contribution in [0.2, 0.25) is 0 Å². The molecule has 0 aromatic heterocycles. The van der Waals surface area contributed by atoms with E-state index in [1.54, 1.807) is 13.8 Å². The molecule has 0 aliphatic carbocycles. The first-order valence-electron chi connectivity index (χ1n) is 2.28. The second-order valence-electron chi connectivity index (χ2n) is 2.17. The van der Waals surface area contributed by atoms with Crippen LogP contribution in [-0.4, -0.2) is 91.6 Å². The summed E-state index contributed by atoms with van der Waals surface area (Å²) < 4.78 is 0. The van der Waals surface area contributed by atoms with Crippen LogP contribution in [0.5, 0.6) is 0 Å². The fraction of sp³-hybridized carbons (Fsp3) is 1.00. The molecule has 0 amide bonds. The SMILES string of the molecule is CCC(C)(C)O.[K].[Na]. The van der Waals surface area contributed by atoms with E-state index >= 15 is 0 Å². The van der Waals surface area contributed by atoms with Crippen molar-refractivity contribution in [1.29, 1.82) is 0 Å². The molecule has 3 heteroatoms. The van der Waals surface area contributed by atoms with E-state index in [-0.39, 0.29) is 80.9 Å². The van der Waals surface area contributed by atoms with Gasteiger partial charge in [-0.05, 0) is 20.3 Å². The number of rotatable bonds is 1. The minimum atomic E-state index is -0.458. The topological polar surface area (TPSA) is 20.2 Å². The number of hydrogen-bond acceptors (Lipinski definition) is 1. The smallest absolute Gasteiger partial charge is 0.0589 e. The molecule has 0 aromatic carbocycles. The first-order valence-corrected chi connectivity index (χ1v) is 2.28. The molecule has 0 unspecified atom stereocenters. The third kappa shape index (κ3) is 15.8. The second-order valence-corrected chi connectivity index (χ2v) is 2.17. The molecule has 0 aromatic rings. The average molecular weight is 150 g/mol. The Kier molecular flexibility index (Phi) is 16.3. The Labute approximate surface area is 116 Å². The molecule has 0 heterocycles. The molecule has 1 N–H and O–H groups in total. The van der Waals surface area contributed by atoms with Gasteiger partial charge in [-0.15, -0.1) is 0 Å². The molecule has 0 saturated heterocycles. The van der Waals surface area contributed by atoms with Crippen molar-refractivity contribution in [2.75, 3.05) is 0 Å². The minimum absolute atomic E-state index is 0. The van der Waals surface area contributed by atoms with Crippen LogP contribution in [0.15, 0.2) is 0 Å². The van der Waals surface area contributed by atoms with Crippen molar-refractivity contribution in [3.05, 3.63) is 0 Å². The molecule has 0 aliphatic rings. The minimum Gasteiger partial charge on any atom is -0.390 e. The predicted molar refractivity (Wildman–Crippen MR) is 38.1 cm³/mol. The maximum absolute atomic E-state index is 8.83. The zero-order valence-electron chi connectivity index (χ0n) is 6.65. The normalized spacial score (nSPS) is 9.00. The van der Waals surface area contributed by atoms with Crippen molar-refractivity contribution in [2.45, 2.75) is 32.8 Å². The Bertz CT molecular complexity index is 42.2. The molecule has 0 bridgehead atoms.